The molecule has 1 N–H and O–H groups in total. The van der Waals surface area contributed by atoms with Crippen molar-refractivity contribution in [3.8, 4) is 0 Å². The highest BCUT2D eigenvalue weighted by atomic mass is 35.5. The first-order valence-electron chi connectivity index (χ1n) is 8.81. The molecule has 0 aliphatic carbocycles. The Morgan fingerprint density at radius 1 is 1.21 bits per heavy atom. The summed E-state index contributed by atoms with van der Waals surface area (Å²) in [7, 11) is 0. The molecule has 0 amide bonds. The van der Waals surface area contributed by atoms with Crippen molar-refractivity contribution in [2.24, 2.45) is 5.92 Å². The second kappa shape index (κ2) is 8.63. The number of nitrogens with zero attached hydrogens (tertiary/aromatic N) is 3. The predicted octanol–water partition coefficient (Wildman–Crippen LogP) is 4.84. The number of hydrogen-bond acceptors (Lipinski definition) is 3. The SMILES string of the molecule is C[C@@H](C/C=C/c1ccc(Cl)cc1)[C@](O)(Cn1cncn1)c1ccc(F)cc1F. The molecule has 7 heteroatoms. The van der Waals surface area contributed by atoms with E-state index in [0.29, 0.717) is 11.4 Å². The van der Waals surface area contributed by atoms with Gasteiger partial charge < -0.3 is 5.11 Å². The van der Waals surface area contributed by atoms with Crippen molar-refractivity contribution in [2.45, 2.75) is 25.5 Å². The van der Waals surface area contributed by atoms with Gasteiger partial charge in [0.1, 0.15) is 29.9 Å². The first-order chi connectivity index (χ1) is 13.4. The van der Waals surface area contributed by atoms with Gasteiger partial charge in [0.2, 0.25) is 0 Å². The number of aromatic nitrogens is 3. The number of allylic oxidation sites excluding steroid dienone is 1. The molecule has 0 aliphatic rings. The predicted molar refractivity (Wildman–Crippen MR) is 105 cm³/mol. The van der Waals surface area contributed by atoms with E-state index in [-0.39, 0.29) is 18.0 Å². The molecule has 0 saturated carbocycles. The van der Waals surface area contributed by atoms with Crippen LogP contribution in [0, 0.1) is 17.6 Å². The number of aliphatic hydroxyl groups is 1. The zero-order chi connectivity index (χ0) is 20.1. The summed E-state index contributed by atoms with van der Waals surface area (Å²) in [6.07, 6.45) is 7.06. The third-order valence-corrected chi connectivity index (χ3v) is 5.00. The van der Waals surface area contributed by atoms with Crippen LogP contribution in [0.15, 0.2) is 61.2 Å². The van der Waals surface area contributed by atoms with E-state index >= 15 is 0 Å². The molecule has 4 nitrogen and oxygen atoms in total. The van der Waals surface area contributed by atoms with E-state index < -0.39 is 17.2 Å². The normalized spacial score (nSPS) is 14.9. The van der Waals surface area contributed by atoms with Crippen LogP contribution in [0.25, 0.3) is 6.08 Å². The van der Waals surface area contributed by atoms with Gasteiger partial charge in [0, 0.05) is 16.7 Å². The van der Waals surface area contributed by atoms with Crippen LogP contribution >= 0.6 is 11.6 Å². The molecule has 0 radical (unpaired) electrons. The zero-order valence-electron chi connectivity index (χ0n) is 15.3. The smallest absolute Gasteiger partial charge is 0.137 e. The summed E-state index contributed by atoms with van der Waals surface area (Å²) in [5, 5.41) is 16.1. The fourth-order valence-corrected chi connectivity index (χ4v) is 3.21. The van der Waals surface area contributed by atoms with E-state index in [4.69, 9.17) is 11.6 Å². The molecule has 0 saturated heterocycles. The Morgan fingerprint density at radius 2 is 1.96 bits per heavy atom. The van der Waals surface area contributed by atoms with Crippen molar-refractivity contribution < 1.29 is 13.9 Å². The lowest BCUT2D eigenvalue weighted by Gasteiger charge is -2.34. The van der Waals surface area contributed by atoms with Gasteiger partial charge in [-0.05, 0) is 36.1 Å². The second-order valence-corrected chi connectivity index (χ2v) is 7.17. The Bertz CT molecular complexity index is 945. The third kappa shape index (κ3) is 4.64. The van der Waals surface area contributed by atoms with E-state index in [1.165, 1.54) is 23.4 Å². The summed E-state index contributed by atoms with van der Waals surface area (Å²) in [4.78, 5) is 3.87. The van der Waals surface area contributed by atoms with E-state index in [0.717, 1.165) is 17.7 Å². The molecular formula is C21H20ClF2N3O. The van der Waals surface area contributed by atoms with Crippen molar-refractivity contribution in [2.75, 3.05) is 0 Å². The molecule has 146 valence electrons. The largest absolute Gasteiger partial charge is 0.383 e. The van der Waals surface area contributed by atoms with Crippen LogP contribution in [-0.4, -0.2) is 19.9 Å². The minimum atomic E-state index is -1.60. The number of benzene rings is 2. The first kappa shape index (κ1) is 20.2. The minimum absolute atomic E-state index is 0.00843. The van der Waals surface area contributed by atoms with E-state index in [1.807, 2.05) is 31.2 Å². The van der Waals surface area contributed by atoms with Gasteiger partial charge in [0.15, 0.2) is 0 Å². The van der Waals surface area contributed by atoms with Crippen molar-refractivity contribution in [1.29, 1.82) is 0 Å². The first-order valence-corrected chi connectivity index (χ1v) is 9.19. The lowest BCUT2D eigenvalue weighted by atomic mass is 9.80. The van der Waals surface area contributed by atoms with E-state index in [2.05, 4.69) is 10.1 Å². The lowest BCUT2D eigenvalue weighted by molar-refractivity contribution is -0.0379. The quantitative estimate of drug-likeness (QED) is 0.614. The van der Waals surface area contributed by atoms with Crippen LogP contribution < -0.4 is 0 Å². The summed E-state index contributed by atoms with van der Waals surface area (Å²) in [5.41, 5.74) is -0.614. The van der Waals surface area contributed by atoms with Crippen molar-refractivity contribution in [3.05, 3.63) is 89.0 Å². The highest BCUT2D eigenvalue weighted by Gasteiger charge is 2.38. The minimum Gasteiger partial charge on any atom is -0.383 e. The number of rotatable bonds is 7. The third-order valence-electron chi connectivity index (χ3n) is 4.75. The molecule has 0 bridgehead atoms. The van der Waals surface area contributed by atoms with Crippen molar-refractivity contribution in [3.63, 3.8) is 0 Å². The molecule has 28 heavy (non-hydrogen) atoms. The topological polar surface area (TPSA) is 50.9 Å². The van der Waals surface area contributed by atoms with Gasteiger partial charge in [0.25, 0.3) is 0 Å². The van der Waals surface area contributed by atoms with Crippen molar-refractivity contribution in [1.82, 2.24) is 14.8 Å². The Morgan fingerprint density at radius 3 is 2.61 bits per heavy atom. The molecule has 1 heterocycles. The van der Waals surface area contributed by atoms with Crippen LogP contribution in [-0.2, 0) is 12.1 Å². The molecule has 0 aliphatic heterocycles. The van der Waals surface area contributed by atoms with Gasteiger partial charge in [-0.1, -0.05) is 48.9 Å². The maximum absolute atomic E-state index is 14.5. The highest BCUT2D eigenvalue weighted by molar-refractivity contribution is 6.30. The van der Waals surface area contributed by atoms with Crippen LogP contribution in [0.5, 0.6) is 0 Å². The summed E-state index contributed by atoms with van der Waals surface area (Å²) in [5.74, 6) is -1.88. The molecule has 3 rings (SSSR count). The molecule has 1 aromatic heterocycles. The Balaban J connectivity index is 1.86. The standard InChI is InChI=1S/C21H20ClF2N3O/c1-15(3-2-4-16-5-7-17(22)8-6-16)21(28,12-27-14-25-13-26-27)19-10-9-18(23)11-20(19)24/h2,4-11,13-15,28H,3,12H2,1H3/b4-2+/t15-,21+/m0/s1. The molecular weight excluding hydrogens is 384 g/mol. The molecule has 0 spiro atoms. The van der Waals surface area contributed by atoms with Crippen molar-refractivity contribution >= 4 is 17.7 Å². The fourth-order valence-electron chi connectivity index (χ4n) is 3.09. The second-order valence-electron chi connectivity index (χ2n) is 6.73. The van der Waals surface area contributed by atoms with Crippen LogP contribution in [0.1, 0.15) is 24.5 Å². The molecule has 3 aromatic rings. The van der Waals surface area contributed by atoms with E-state index in [9.17, 15) is 13.9 Å². The van der Waals surface area contributed by atoms with Crippen LogP contribution in [0.2, 0.25) is 5.02 Å². The Labute approximate surface area is 167 Å². The number of hydrogen-bond donors (Lipinski definition) is 1. The van der Waals surface area contributed by atoms with Gasteiger partial charge in [-0.15, -0.1) is 0 Å². The molecule has 2 aromatic carbocycles. The van der Waals surface area contributed by atoms with Gasteiger partial charge in [-0.2, -0.15) is 5.10 Å². The summed E-state index contributed by atoms with van der Waals surface area (Å²) < 4.78 is 29.3. The fraction of sp³-hybridized carbons (Fsp3) is 0.238. The summed E-state index contributed by atoms with van der Waals surface area (Å²) >= 11 is 5.88. The lowest BCUT2D eigenvalue weighted by Crippen LogP contribution is -2.39. The maximum atomic E-state index is 14.5. The van der Waals surface area contributed by atoms with Gasteiger partial charge >= 0.3 is 0 Å². The molecule has 0 fully saturated rings. The maximum Gasteiger partial charge on any atom is 0.137 e. The highest BCUT2D eigenvalue weighted by Crippen LogP contribution is 2.35. The Kier molecular flexibility index (Phi) is 6.21. The Hall–Kier alpha value is -2.57. The van der Waals surface area contributed by atoms with Crippen LogP contribution in [0.4, 0.5) is 8.78 Å². The average Bonchev–Trinajstić information content (AvgIpc) is 3.15. The summed E-state index contributed by atoms with van der Waals surface area (Å²) in [6, 6.07) is 10.5. The number of halogens is 3. The van der Waals surface area contributed by atoms with E-state index in [1.54, 1.807) is 12.1 Å². The van der Waals surface area contributed by atoms with Crippen LogP contribution in [0.3, 0.4) is 0 Å². The van der Waals surface area contributed by atoms with Gasteiger partial charge in [0.05, 0.1) is 6.54 Å². The summed E-state index contributed by atoms with van der Waals surface area (Å²) in [6.45, 7) is 1.80. The monoisotopic (exact) mass is 403 g/mol. The van der Waals surface area contributed by atoms with Gasteiger partial charge in [-0.3, -0.25) is 0 Å². The average molecular weight is 404 g/mol. The zero-order valence-corrected chi connectivity index (χ0v) is 16.0. The molecule has 2 atom stereocenters. The van der Waals surface area contributed by atoms with Gasteiger partial charge in [-0.25, -0.2) is 18.4 Å². The molecule has 0 unspecified atom stereocenters.